The van der Waals surface area contributed by atoms with Gasteiger partial charge in [-0.15, -0.1) is 12.4 Å². The van der Waals surface area contributed by atoms with Crippen molar-refractivity contribution in [3.8, 4) is 5.75 Å². The lowest BCUT2D eigenvalue weighted by atomic mass is 10.0. The highest BCUT2D eigenvalue weighted by Crippen LogP contribution is 2.26. The summed E-state index contributed by atoms with van der Waals surface area (Å²) in [6.07, 6.45) is 3.84. The number of nitrogens with two attached hydrogens (primary N) is 1. The van der Waals surface area contributed by atoms with E-state index in [1.165, 1.54) is 12.8 Å². The number of nitrogens with zero attached hydrogens (tertiary/aromatic N) is 1. The SMILES string of the molecule is COc1ccc(Cl)c(CN2CCCCC2CNC(=O)CCN)c1.Cl. The van der Waals surface area contributed by atoms with Gasteiger partial charge in [-0.3, -0.25) is 9.69 Å². The van der Waals surface area contributed by atoms with E-state index in [2.05, 4.69) is 10.2 Å². The van der Waals surface area contributed by atoms with Gasteiger partial charge in [0.25, 0.3) is 0 Å². The summed E-state index contributed by atoms with van der Waals surface area (Å²) in [6.45, 7) is 2.85. The normalized spacial score (nSPS) is 17.9. The monoisotopic (exact) mass is 375 g/mol. The van der Waals surface area contributed by atoms with Crippen LogP contribution < -0.4 is 15.8 Å². The number of halogens is 2. The first kappa shape index (κ1) is 21.0. The predicted molar refractivity (Wildman–Crippen MR) is 100.0 cm³/mol. The van der Waals surface area contributed by atoms with Gasteiger partial charge in [0.15, 0.2) is 0 Å². The third-order valence-corrected chi connectivity index (χ3v) is 4.65. The highest BCUT2D eigenvalue weighted by atomic mass is 35.5. The molecule has 2 rings (SSSR count). The molecule has 0 aromatic heterocycles. The Morgan fingerprint density at radius 1 is 1.46 bits per heavy atom. The van der Waals surface area contributed by atoms with Crippen LogP contribution in [0.5, 0.6) is 5.75 Å². The van der Waals surface area contributed by atoms with Crippen LogP contribution in [0, 0.1) is 0 Å². The van der Waals surface area contributed by atoms with E-state index in [9.17, 15) is 4.79 Å². The molecule has 0 bridgehead atoms. The number of likely N-dealkylation sites (tertiary alicyclic amines) is 1. The number of methoxy groups -OCH3 is 1. The molecule has 5 nitrogen and oxygen atoms in total. The average Bonchev–Trinajstić information content (AvgIpc) is 2.56. The zero-order valence-corrected chi connectivity index (χ0v) is 15.7. The highest BCUT2D eigenvalue weighted by Gasteiger charge is 2.23. The van der Waals surface area contributed by atoms with Crippen LogP contribution >= 0.6 is 24.0 Å². The van der Waals surface area contributed by atoms with Gasteiger partial charge >= 0.3 is 0 Å². The summed E-state index contributed by atoms with van der Waals surface area (Å²) in [5, 5.41) is 3.74. The molecule has 7 heteroatoms. The molecule has 1 aromatic rings. The third kappa shape index (κ3) is 6.13. The lowest BCUT2D eigenvalue weighted by Gasteiger charge is -2.36. The fourth-order valence-electron chi connectivity index (χ4n) is 2.97. The highest BCUT2D eigenvalue weighted by molar-refractivity contribution is 6.31. The number of carbonyl (C=O) groups excluding carboxylic acids is 1. The maximum Gasteiger partial charge on any atom is 0.221 e. The maximum atomic E-state index is 11.6. The van der Waals surface area contributed by atoms with Gasteiger partial charge in [0.05, 0.1) is 7.11 Å². The quantitative estimate of drug-likeness (QED) is 0.768. The van der Waals surface area contributed by atoms with Crippen LogP contribution in [-0.2, 0) is 11.3 Å². The van der Waals surface area contributed by atoms with Crippen LogP contribution in [0.1, 0.15) is 31.2 Å². The van der Waals surface area contributed by atoms with Gasteiger partial charge in [-0.1, -0.05) is 18.0 Å². The van der Waals surface area contributed by atoms with Gasteiger partial charge in [-0.05, 0) is 43.1 Å². The molecule has 1 aliphatic rings. The van der Waals surface area contributed by atoms with E-state index in [4.69, 9.17) is 22.1 Å². The summed E-state index contributed by atoms with van der Waals surface area (Å²) in [6, 6.07) is 6.07. The first-order valence-electron chi connectivity index (χ1n) is 8.17. The minimum absolute atomic E-state index is 0. The molecule has 1 unspecified atom stereocenters. The van der Waals surface area contributed by atoms with Crippen molar-refractivity contribution in [2.24, 2.45) is 5.73 Å². The molecule has 1 aromatic carbocycles. The molecule has 0 spiro atoms. The average molecular weight is 376 g/mol. The van der Waals surface area contributed by atoms with Gasteiger partial charge in [0.2, 0.25) is 5.91 Å². The summed E-state index contributed by atoms with van der Waals surface area (Å²) >= 11 is 6.32. The molecule has 3 N–H and O–H groups in total. The van der Waals surface area contributed by atoms with E-state index in [1.54, 1.807) is 7.11 Å². The zero-order valence-electron chi connectivity index (χ0n) is 14.1. The molecule has 1 fully saturated rings. The number of amides is 1. The minimum atomic E-state index is 0. The van der Waals surface area contributed by atoms with Crippen LogP contribution in [0.3, 0.4) is 0 Å². The van der Waals surface area contributed by atoms with E-state index in [0.29, 0.717) is 25.6 Å². The Morgan fingerprint density at radius 2 is 2.25 bits per heavy atom. The molecular weight excluding hydrogens is 349 g/mol. The lowest BCUT2D eigenvalue weighted by molar-refractivity contribution is -0.121. The molecule has 0 saturated carbocycles. The predicted octanol–water partition coefficient (Wildman–Crippen LogP) is 2.59. The molecule has 0 radical (unpaired) electrons. The smallest absolute Gasteiger partial charge is 0.221 e. The summed E-state index contributed by atoms with van der Waals surface area (Å²) in [5.74, 6) is 0.839. The third-order valence-electron chi connectivity index (χ3n) is 4.28. The Labute approximate surface area is 155 Å². The fraction of sp³-hybridized carbons (Fsp3) is 0.588. The van der Waals surface area contributed by atoms with E-state index in [1.807, 2.05) is 18.2 Å². The van der Waals surface area contributed by atoms with E-state index >= 15 is 0 Å². The second-order valence-electron chi connectivity index (χ2n) is 5.92. The van der Waals surface area contributed by atoms with Crippen molar-refractivity contribution < 1.29 is 9.53 Å². The second-order valence-corrected chi connectivity index (χ2v) is 6.33. The summed E-state index contributed by atoms with van der Waals surface area (Å²) < 4.78 is 5.29. The molecule has 1 amide bonds. The van der Waals surface area contributed by atoms with Crippen molar-refractivity contribution in [2.45, 2.75) is 38.3 Å². The Bertz CT molecular complexity index is 529. The van der Waals surface area contributed by atoms with Crippen LogP contribution in [0.25, 0.3) is 0 Å². The number of ether oxygens (including phenoxy) is 1. The van der Waals surface area contributed by atoms with E-state index in [-0.39, 0.29) is 18.3 Å². The van der Waals surface area contributed by atoms with Gasteiger partial charge in [0.1, 0.15) is 5.75 Å². The van der Waals surface area contributed by atoms with Gasteiger partial charge in [0, 0.05) is 37.1 Å². The van der Waals surface area contributed by atoms with Crippen molar-refractivity contribution in [3.05, 3.63) is 28.8 Å². The maximum absolute atomic E-state index is 11.6. The Balaban J connectivity index is 0.00000288. The van der Waals surface area contributed by atoms with Crippen LogP contribution in [0.2, 0.25) is 5.02 Å². The second kappa shape index (κ2) is 10.8. The van der Waals surface area contributed by atoms with Crippen molar-refractivity contribution in [3.63, 3.8) is 0 Å². The topological polar surface area (TPSA) is 67.6 Å². The summed E-state index contributed by atoms with van der Waals surface area (Å²) in [7, 11) is 1.66. The standard InChI is InChI=1S/C17H26ClN3O2.ClH/c1-23-15-5-6-16(18)13(10-15)12-21-9-3-2-4-14(21)11-20-17(22)7-8-19;/h5-6,10,14H,2-4,7-9,11-12,19H2,1H3,(H,20,22);1H. The molecule has 1 saturated heterocycles. The molecule has 1 aliphatic heterocycles. The van der Waals surface area contributed by atoms with Gasteiger partial charge < -0.3 is 15.8 Å². The van der Waals surface area contributed by atoms with Crippen LogP contribution in [0.15, 0.2) is 18.2 Å². The number of piperidine rings is 1. The number of hydrogen-bond acceptors (Lipinski definition) is 4. The number of carbonyl (C=O) groups is 1. The Morgan fingerprint density at radius 3 is 2.96 bits per heavy atom. The zero-order chi connectivity index (χ0) is 16.7. The van der Waals surface area contributed by atoms with Crippen molar-refractivity contribution >= 4 is 29.9 Å². The Kier molecular flexibility index (Phi) is 9.44. The molecule has 136 valence electrons. The van der Waals surface area contributed by atoms with Crippen LogP contribution in [0.4, 0.5) is 0 Å². The molecule has 1 atom stereocenters. The van der Waals surface area contributed by atoms with Crippen molar-refractivity contribution in [1.82, 2.24) is 10.2 Å². The molecule has 1 heterocycles. The first-order valence-corrected chi connectivity index (χ1v) is 8.55. The van der Waals surface area contributed by atoms with Gasteiger partial charge in [-0.25, -0.2) is 0 Å². The molecular formula is C17H27Cl2N3O2. The van der Waals surface area contributed by atoms with E-state index in [0.717, 1.165) is 35.8 Å². The lowest BCUT2D eigenvalue weighted by Crippen LogP contribution is -2.46. The molecule has 0 aliphatic carbocycles. The van der Waals surface area contributed by atoms with E-state index < -0.39 is 0 Å². The number of benzene rings is 1. The molecule has 24 heavy (non-hydrogen) atoms. The van der Waals surface area contributed by atoms with Crippen molar-refractivity contribution in [1.29, 1.82) is 0 Å². The number of hydrogen-bond donors (Lipinski definition) is 2. The largest absolute Gasteiger partial charge is 0.497 e. The summed E-state index contributed by atoms with van der Waals surface area (Å²) in [4.78, 5) is 14.0. The van der Waals surface area contributed by atoms with Crippen LogP contribution in [-0.4, -0.2) is 43.6 Å². The summed E-state index contributed by atoms with van der Waals surface area (Å²) in [5.41, 5.74) is 6.48. The number of nitrogens with one attached hydrogen (secondary N) is 1. The minimum Gasteiger partial charge on any atom is -0.497 e. The Hall–Kier alpha value is -1.01. The van der Waals surface area contributed by atoms with Gasteiger partial charge in [-0.2, -0.15) is 0 Å². The first-order chi connectivity index (χ1) is 11.1. The fourth-order valence-corrected chi connectivity index (χ4v) is 3.15. The van der Waals surface area contributed by atoms with Crippen molar-refractivity contribution in [2.75, 3.05) is 26.7 Å². The number of rotatable bonds is 7.